The van der Waals surface area contributed by atoms with E-state index in [1.807, 2.05) is 0 Å². The van der Waals surface area contributed by atoms with Gasteiger partial charge in [-0.25, -0.2) is 36.7 Å². The first kappa shape index (κ1) is 29.2. The molecule has 3 aromatic heterocycles. The van der Waals surface area contributed by atoms with Gasteiger partial charge in [0.1, 0.15) is 5.69 Å². The number of piperidine rings is 1. The van der Waals surface area contributed by atoms with Gasteiger partial charge in [-0.1, -0.05) is 5.16 Å². The van der Waals surface area contributed by atoms with Crippen LogP contribution in [0, 0.1) is 17.8 Å². The minimum Gasteiger partial charge on any atom is -0.355 e. The highest BCUT2D eigenvalue weighted by atomic mass is 19.4. The van der Waals surface area contributed by atoms with Crippen LogP contribution in [0.15, 0.2) is 17.0 Å². The van der Waals surface area contributed by atoms with Crippen molar-refractivity contribution in [1.82, 2.24) is 40.5 Å². The number of imidazole rings is 1. The van der Waals surface area contributed by atoms with Crippen LogP contribution in [0.4, 0.5) is 30.7 Å². The van der Waals surface area contributed by atoms with E-state index in [0.29, 0.717) is 0 Å². The van der Waals surface area contributed by atoms with Crippen LogP contribution in [0.25, 0.3) is 5.78 Å². The lowest BCUT2D eigenvalue weighted by molar-refractivity contribution is -0.183. The third-order valence-electron chi connectivity index (χ3n) is 8.36. The zero-order valence-electron chi connectivity index (χ0n) is 22.3. The summed E-state index contributed by atoms with van der Waals surface area (Å²) in [6.07, 6.45) is -3.71. The highest BCUT2D eigenvalue weighted by molar-refractivity contribution is 5.93. The molecule has 3 fully saturated rings. The molecule has 3 aliphatic rings. The Kier molecular flexibility index (Phi) is 7.06. The van der Waals surface area contributed by atoms with Crippen molar-refractivity contribution in [3.05, 3.63) is 35.2 Å². The molecular weight excluding hydrogens is 593 g/mol. The fourth-order valence-electron chi connectivity index (χ4n) is 5.79. The molecule has 0 bridgehead atoms. The monoisotopic (exact) mass is 618 g/mol. The molecule has 1 saturated heterocycles. The molecule has 6 rings (SSSR count). The van der Waals surface area contributed by atoms with Crippen LogP contribution in [0.5, 0.6) is 0 Å². The first-order chi connectivity index (χ1) is 20.2. The lowest BCUT2D eigenvalue weighted by Gasteiger charge is -2.33. The van der Waals surface area contributed by atoms with Crippen LogP contribution >= 0.6 is 0 Å². The number of hydrogen-bond donors (Lipinski definition) is 2. The summed E-state index contributed by atoms with van der Waals surface area (Å²) in [6.45, 7) is -0.496. The molecule has 11 nitrogen and oxygen atoms in total. The molecule has 2 N–H and O–H groups in total. The Morgan fingerprint density at radius 1 is 1.19 bits per heavy atom. The Hall–Kier alpha value is -3.86. The van der Waals surface area contributed by atoms with E-state index in [-0.39, 0.29) is 42.1 Å². The van der Waals surface area contributed by atoms with Gasteiger partial charge in [-0.05, 0) is 30.3 Å². The second-order valence-electron chi connectivity index (χ2n) is 11.4. The molecule has 4 heterocycles. The van der Waals surface area contributed by atoms with E-state index >= 15 is 0 Å². The van der Waals surface area contributed by atoms with Gasteiger partial charge < -0.3 is 10.6 Å². The molecule has 2 amide bonds. The average molecular weight is 619 g/mol. The third-order valence-corrected chi connectivity index (χ3v) is 8.36. The van der Waals surface area contributed by atoms with Crippen molar-refractivity contribution < 1.29 is 45.0 Å². The normalized spacial score (nSPS) is 26.2. The number of hydrogen-bond acceptors (Lipinski definition) is 8. The van der Waals surface area contributed by atoms with Gasteiger partial charge in [0.05, 0.1) is 41.7 Å². The Bertz CT molecular complexity index is 1530. The van der Waals surface area contributed by atoms with Crippen molar-refractivity contribution in [2.75, 3.05) is 6.54 Å². The topological polar surface area (TPSA) is 140 Å². The first-order valence-corrected chi connectivity index (χ1v) is 13.6. The Morgan fingerprint density at radius 3 is 2.58 bits per heavy atom. The molecule has 43 heavy (non-hydrogen) atoms. The summed E-state index contributed by atoms with van der Waals surface area (Å²) in [4.78, 5) is 34.0. The van der Waals surface area contributed by atoms with E-state index in [4.69, 9.17) is 0 Å². The Morgan fingerprint density at radius 2 is 1.91 bits per heavy atom. The molecular formula is C25H25F7N8O3. The minimum absolute atomic E-state index is 0.0136. The van der Waals surface area contributed by atoms with Crippen LogP contribution < -0.4 is 10.6 Å². The van der Waals surface area contributed by atoms with Crippen molar-refractivity contribution in [1.29, 1.82) is 0 Å². The van der Waals surface area contributed by atoms with Gasteiger partial charge in [0, 0.05) is 38.1 Å². The van der Waals surface area contributed by atoms with E-state index in [2.05, 4.69) is 40.6 Å². The number of fused-ring (bicyclic) bond motifs is 1. The van der Waals surface area contributed by atoms with Gasteiger partial charge in [-0.15, -0.1) is 0 Å². The predicted octanol–water partition coefficient (Wildman–Crippen LogP) is 3.78. The zero-order chi connectivity index (χ0) is 30.7. The zero-order valence-corrected chi connectivity index (χ0v) is 22.3. The first-order valence-electron chi connectivity index (χ1n) is 13.6. The van der Waals surface area contributed by atoms with Gasteiger partial charge in [0.2, 0.25) is 11.8 Å². The Labute approximate surface area is 238 Å². The maximum absolute atomic E-state index is 14.0. The molecule has 1 aliphatic heterocycles. The van der Waals surface area contributed by atoms with E-state index in [1.165, 1.54) is 16.9 Å². The molecule has 2 aliphatic carbocycles. The van der Waals surface area contributed by atoms with Gasteiger partial charge >= 0.3 is 6.18 Å². The summed E-state index contributed by atoms with van der Waals surface area (Å²) >= 11 is 0. The summed E-state index contributed by atoms with van der Waals surface area (Å²) in [5.41, 5.74) is -0.360. The largest absolute Gasteiger partial charge is 0.393 e. The highest BCUT2D eigenvalue weighted by Gasteiger charge is 2.61. The maximum Gasteiger partial charge on any atom is 0.393 e. The number of amides is 2. The molecule has 2 saturated carbocycles. The van der Waals surface area contributed by atoms with Crippen molar-refractivity contribution in [3.8, 4) is 0 Å². The van der Waals surface area contributed by atoms with Gasteiger partial charge in [0.15, 0.2) is 5.69 Å². The highest BCUT2D eigenvalue weighted by Crippen LogP contribution is 2.55. The Balaban J connectivity index is 1.25. The van der Waals surface area contributed by atoms with Crippen molar-refractivity contribution >= 4 is 17.6 Å². The molecule has 0 radical (unpaired) electrons. The van der Waals surface area contributed by atoms with Crippen LogP contribution in [0.2, 0.25) is 0 Å². The van der Waals surface area contributed by atoms with E-state index in [0.717, 1.165) is 0 Å². The summed E-state index contributed by atoms with van der Waals surface area (Å²) in [5.74, 6) is -11.8. The second kappa shape index (κ2) is 10.4. The van der Waals surface area contributed by atoms with E-state index < -0.39 is 97.5 Å². The fourth-order valence-corrected chi connectivity index (χ4v) is 5.79. The smallest absolute Gasteiger partial charge is 0.355 e. The minimum atomic E-state index is -4.47. The van der Waals surface area contributed by atoms with Gasteiger partial charge in [-0.3, -0.25) is 9.59 Å². The van der Waals surface area contributed by atoms with E-state index in [1.54, 1.807) is 0 Å². The summed E-state index contributed by atoms with van der Waals surface area (Å²) < 4.78 is 101. The third kappa shape index (κ3) is 6.00. The number of carbonyl (C=O) groups is 2. The maximum atomic E-state index is 14.0. The number of halogens is 7. The number of aromatic nitrogens is 6. The fraction of sp³-hybridized carbons (Fsp3) is 0.640. The SMILES string of the molecule is O=C(N[C@H](c1cn2nc(C[C@H]3C[C@@H](C(F)(F)F)CNC3=O)cnc2n1)C1CCC(F)(F)CC1)c1nonc1[C@@H]1CC1(F)F. The molecule has 18 heteroatoms. The van der Waals surface area contributed by atoms with Gasteiger partial charge in [0.25, 0.3) is 17.6 Å². The lowest BCUT2D eigenvalue weighted by atomic mass is 9.81. The number of rotatable bonds is 7. The standard InChI is InChI=1S/C25H25F7N8O3/c26-23(27)3-1-11(2-4-23)17(36-21(42)19-18(38-43-39-19)15-7-24(15,28)29)16-10-40-22(35-16)34-9-14(37-40)6-12-5-13(25(30,31)32)8-33-20(12)41/h9-13,15,17H,1-8H2,(H,33,41)(H,36,42)/t12-,13-,15+,17+/m1/s1. The number of nitrogens with zero attached hydrogens (tertiary/aromatic N) is 6. The van der Waals surface area contributed by atoms with Crippen molar-refractivity contribution in [2.45, 2.75) is 74.9 Å². The number of carbonyl (C=O) groups excluding carboxylic acids is 2. The second-order valence-corrected chi connectivity index (χ2v) is 11.4. The summed E-state index contributed by atoms with van der Waals surface area (Å²) in [6, 6.07) is -0.975. The number of nitrogens with one attached hydrogen (secondary N) is 2. The van der Waals surface area contributed by atoms with Crippen molar-refractivity contribution in [2.24, 2.45) is 17.8 Å². The van der Waals surface area contributed by atoms with Gasteiger partial charge in [-0.2, -0.15) is 18.3 Å². The molecule has 3 aromatic rings. The van der Waals surface area contributed by atoms with Crippen LogP contribution in [0.3, 0.4) is 0 Å². The van der Waals surface area contributed by atoms with Crippen LogP contribution in [-0.2, 0) is 11.2 Å². The summed E-state index contributed by atoms with van der Waals surface area (Å²) in [7, 11) is 0. The molecule has 232 valence electrons. The molecule has 0 unspecified atom stereocenters. The summed E-state index contributed by atoms with van der Waals surface area (Å²) in [5, 5.41) is 16.2. The quantitative estimate of drug-likeness (QED) is 0.382. The average Bonchev–Trinajstić information content (AvgIpc) is 3.27. The lowest BCUT2D eigenvalue weighted by Crippen LogP contribution is -2.47. The molecule has 0 spiro atoms. The predicted molar refractivity (Wildman–Crippen MR) is 129 cm³/mol. The molecule has 4 atom stereocenters. The van der Waals surface area contributed by atoms with Crippen molar-refractivity contribution in [3.63, 3.8) is 0 Å². The van der Waals surface area contributed by atoms with Crippen LogP contribution in [0.1, 0.15) is 78.1 Å². The number of alkyl halides is 7. The van der Waals surface area contributed by atoms with E-state index in [9.17, 15) is 40.3 Å². The molecule has 0 aromatic carbocycles. The van der Waals surface area contributed by atoms with Crippen LogP contribution in [-0.4, -0.2) is 66.3 Å².